The van der Waals surface area contributed by atoms with Crippen LogP contribution in [-0.4, -0.2) is 0 Å². The van der Waals surface area contributed by atoms with E-state index >= 15 is 0 Å². The normalized spacial score (nSPS) is 17.6. The van der Waals surface area contributed by atoms with E-state index in [1.54, 1.807) is 48.5 Å². The fraction of sp³-hybridized carbons (Fsp3) is 0. The smallest absolute Gasteiger partial charge is 0.136 e. The Morgan fingerprint density at radius 2 is 0.884 bits per heavy atom. The molecular weight excluding hydrogens is 520 g/mol. The van der Waals surface area contributed by atoms with Gasteiger partial charge in [0.25, 0.3) is 0 Å². The zero-order chi connectivity index (χ0) is 44.0. The second-order valence-electron chi connectivity index (χ2n) is 9.85. The number of benzene rings is 8. The Morgan fingerprint density at radius 3 is 1.56 bits per heavy atom. The van der Waals surface area contributed by atoms with Gasteiger partial charge in [0.1, 0.15) is 11.2 Å². The standard InChI is InChI=1S/C42H26O/c1-2-13-28(14-3-1)30-22-11-25-37-41(30)42-36(24-12-26-38(42)43-37)40-34-20-8-6-18-32(34)39(33-19-7-9-21-35(33)40)31-23-10-16-27-15-4-5-17-29(27)31/h1-26H/i1D,2D,3D,4D,5D,10D,11D,12D,13D,14D,15D,16D,17D,22D,23D,24D,25D,26D. The average Bonchev–Trinajstić information content (AvgIpc) is 3.65. The van der Waals surface area contributed by atoms with Crippen LogP contribution in [0.4, 0.5) is 0 Å². The lowest BCUT2D eigenvalue weighted by Gasteiger charge is -2.19. The SMILES string of the molecule is [2H]c1c([2H])c([2H])c(-c2c([2H])c([2H])c([2H])c3oc4c([2H])c([2H])c([2H])c(-c5c6ccccc6c(-c6c([2H])c([2H])c([2H])c7c([2H])c([2H])c([2H])c([2H])c67)c6ccccc56)c4c23)c([2H])c1[2H]. The van der Waals surface area contributed by atoms with Crippen molar-refractivity contribution >= 4 is 54.3 Å². The van der Waals surface area contributed by atoms with Crippen LogP contribution in [0, 0.1) is 0 Å². The first-order valence-corrected chi connectivity index (χ1v) is 13.3. The van der Waals surface area contributed by atoms with Crippen LogP contribution in [-0.2, 0) is 0 Å². The van der Waals surface area contributed by atoms with E-state index in [4.69, 9.17) is 26.3 Å². The fourth-order valence-corrected chi connectivity index (χ4v) is 5.93. The number of hydrogen-bond donors (Lipinski definition) is 0. The van der Waals surface area contributed by atoms with Gasteiger partial charge in [-0.05, 0) is 77.8 Å². The van der Waals surface area contributed by atoms with E-state index in [1.165, 1.54) is 0 Å². The second-order valence-corrected chi connectivity index (χ2v) is 9.85. The summed E-state index contributed by atoms with van der Waals surface area (Å²) in [7, 11) is 0. The molecule has 200 valence electrons. The minimum absolute atomic E-state index is 0.0567. The molecule has 0 fully saturated rings. The largest absolute Gasteiger partial charge is 0.456 e. The molecule has 0 spiro atoms. The summed E-state index contributed by atoms with van der Waals surface area (Å²) >= 11 is 0. The molecule has 8 aromatic carbocycles. The van der Waals surface area contributed by atoms with Gasteiger partial charge in [0.05, 0.1) is 24.7 Å². The van der Waals surface area contributed by atoms with Gasteiger partial charge in [-0.15, -0.1) is 0 Å². The molecule has 0 unspecified atom stereocenters. The van der Waals surface area contributed by atoms with E-state index in [2.05, 4.69) is 0 Å². The second kappa shape index (κ2) is 9.44. The Morgan fingerprint density at radius 1 is 0.395 bits per heavy atom. The third-order valence-corrected chi connectivity index (χ3v) is 7.63. The molecule has 1 nitrogen and oxygen atoms in total. The molecule has 0 N–H and O–H groups in total. The van der Waals surface area contributed by atoms with Gasteiger partial charge in [0.15, 0.2) is 0 Å². The van der Waals surface area contributed by atoms with Crippen LogP contribution in [0.3, 0.4) is 0 Å². The molecule has 9 aromatic rings. The Balaban J connectivity index is 1.57. The van der Waals surface area contributed by atoms with Gasteiger partial charge >= 0.3 is 0 Å². The van der Waals surface area contributed by atoms with Crippen molar-refractivity contribution in [2.24, 2.45) is 0 Å². The zero-order valence-electron chi connectivity index (χ0n) is 40.0. The minimum Gasteiger partial charge on any atom is -0.456 e. The third-order valence-electron chi connectivity index (χ3n) is 7.63. The van der Waals surface area contributed by atoms with Crippen molar-refractivity contribution in [1.29, 1.82) is 0 Å². The molecule has 0 aliphatic carbocycles. The van der Waals surface area contributed by atoms with Crippen LogP contribution in [0.25, 0.3) is 87.6 Å². The summed E-state index contributed by atoms with van der Waals surface area (Å²) in [5.74, 6) is 0. The van der Waals surface area contributed by atoms with Crippen molar-refractivity contribution in [3.8, 4) is 33.4 Å². The maximum Gasteiger partial charge on any atom is 0.136 e. The lowest BCUT2D eigenvalue weighted by atomic mass is 9.83. The van der Waals surface area contributed by atoms with Crippen molar-refractivity contribution in [2.45, 2.75) is 0 Å². The van der Waals surface area contributed by atoms with Gasteiger partial charge in [-0.25, -0.2) is 0 Å². The summed E-state index contributed by atoms with van der Waals surface area (Å²) in [6.45, 7) is 0. The maximum absolute atomic E-state index is 9.53. The number of rotatable bonds is 3. The van der Waals surface area contributed by atoms with Crippen molar-refractivity contribution in [2.75, 3.05) is 0 Å². The van der Waals surface area contributed by atoms with Crippen LogP contribution in [0.2, 0.25) is 0 Å². The lowest BCUT2D eigenvalue weighted by Crippen LogP contribution is -1.92. The summed E-state index contributed by atoms with van der Waals surface area (Å²) < 4.78 is 165. The predicted molar refractivity (Wildman–Crippen MR) is 183 cm³/mol. The van der Waals surface area contributed by atoms with E-state index in [1.807, 2.05) is 0 Å². The molecule has 9 rings (SSSR count). The van der Waals surface area contributed by atoms with Crippen LogP contribution in [0.15, 0.2) is 162 Å². The number of furan rings is 1. The van der Waals surface area contributed by atoms with Crippen molar-refractivity contribution in [3.63, 3.8) is 0 Å². The van der Waals surface area contributed by atoms with Crippen LogP contribution in [0.1, 0.15) is 24.7 Å². The van der Waals surface area contributed by atoms with Crippen molar-refractivity contribution in [1.82, 2.24) is 0 Å². The van der Waals surface area contributed by atoms with Gasteiger partial charge in [0, 0.05) is 10.8 Å². The summed E-state index contributed by atoms with van der Waals surface area (Å²) in [6.07, 6.45) is 0. The summed E-state index contributed by atoms with van der Waals surface area (Å²) in [5.41, 5.74) is -1.22. The van der Waals surface area contributed by atoms with Gasteiger partial charge in [0.2, 0.25) is 0 Å². The van der Waals surface area contributed by atoms with E-state index in [0.29, 0.717) is 21.5 Å². The highest BCUT2D eigenvalue weighted by molar-refractivity contribution is 6.27. The highest BCUT2D eigenvalue weighted by Gasteiger charge is 2.22. The molecule has 0 atom stereocenters. The quantitative estimate of drug-likeness (QED) is 0.195. The first-order chi connectivity index (χ1) is 28.8. The Bertz CT molecular complexity index is 3420. The maximum atomic E-state index is 9.53. The molecule has 1 heterocycles. The Kier molecular flexibility index (Phi) is 2.70. The Hall–Kier alpha value is -5.66. The van der Waals surface area contributed by atoms with E-state index < -0.39 is 114 Å². The topological polar surface area (TPSA) is 13.1 Å². The molecule has 0 saturated heterocycles. The monoisotopic (exact) mass is 564 g/mol. The van der Waals surface area contributed by atoms with Gasteiger partial charge in [-0.3, -0.25) is 0 Å². The molecule has 0 aliphatic rings. The molecule has 1 heteroatoms. The summed E-state index contributed by atoms with van der Waals surface area (Å²) in [5, 5.41) is 0.650. The van der Waals surface area contributed by atoms with Crippen molar-refractivity contribution < 1.29 is 29.1 Å². The average molecular weight is 565 g/mol. The number of fused-ring (bicyclic) bond motifs is 6. The predicted octanol–water partition coefficient (Wildman–Crippen LogP) is 12.0. The third kappa shape index (κ3) is 3.58. The molecule has 0 amide bonds. The highest BCUT2D eigenvalue weighted by Crippen LogP contribution is 2.48. The van der Waals surface area contributed by atoms with Crippen molar-refractivity contribution in [3.05, 3.63) is 157 Å². The van der Waals surface area contributed by atoms with E-state index in [9.17, 15) is 2.74 Å². The first kappa shape index (κ1) is 12.3. The summed E-state index contributed by atoms with van der Waals surface area (Å²) in [6, 6.07) is 2.07. The van der Waals surface area contributed by atoms with Gasteiger partial charge < -0.3 is 4.42 Å². The van der Waals surface area contributed by atoms with Gasteiger partial charge in [-0.1, -0.05) is 145 Å². The molecule has 43 heavy (non-hydrogen) atoms. The van der Waals surface area contributed by atoms with E-state index in [0.717, 1.165) is 0 Å². The first-order valence-electron chi connectivity index (χ1n) is 22.3. The van der Waals surface area contributed by atoms with E-state index in [-0.39, 0.29) is 60.5 Å². The van der Waals surface area contributed by atoms with Gasteiger partial charge in [-0.2, -0.15) is 0 Å². The van der Waals surface area contributed by atoms with Crippen LogP contribution in [0.5, 0.6) is 0 Å². The number of hydrogen-bond acceptors (Lipinski definition) is 1. The van der Waals surface area contributed by atoms with Crippen LogP contribution >= 0.6 is 0 Å². The molecule has 0 radical (unpaired) electrons. The molecule has 1 aromatic heterocycles. The minimum atomic E-state index is -0.734. The highest BCUT2D eigenvalue weighted by atomic mass is 16.3. The summed E-state index contributed by atoms with van der Waals surface area (Å²) in [4.78, 5) is 0. The molecule has 0 saturated carbocycles. The molecular formula is C42H26O. The Labute approximate surface area is 274 Å². The molecule has 0 bridgehead atoms. The molecule has 0 aliphatic heterocycles. The fourth-order valence-electron chi connectivity index (χ4n) is 5.93. The zero-order valence-corrected chi connectivity index (χ0v) is 22.0. The van der Waals surface area contributed by atoms with Crippen LogP contribution < -0.4 is 0 Å². The lowest BCUT2D eigenvalue weighted by molar-refractivity contribution is 0.669.